The molecule has 0 saturated heterocycles. The molecule has 20 heavy (non-hydrogen) atoms. The molecule has 104 valence electrons. The highest BCUT2D eigenvalue weighted by Gasteiger charge is 2.16. The van der Waals surface area contributed by atoms with E-state index in [-0.39, 0.29) is 16.9 Å². The number of carbonyl (C=O) groups is 1. The molecule has 0 saturated carbocycles. The average Bonchev–Trinajstić information content (AvgIpc) is 2.81. The van der Waals surface area contributed by atoms with Crippen molar-refractivity contribution in [2.24, 2.45) is 0 Å². The lowest BCUT2D eigenvalue weighted by atomic mass is 10.1. The Morgan fingerprint density at radius 3 is 2.75 bits per heavy atom. The number of nitrogens with one attached hydrogen (secondary N) is 1. The SMILES string of the molecule is Cc1ccsc1CNc1cc(C(=O)O)ccc1[N+](=O)[O-]. The van der Waals surface area contributed by atoms with E-state index in [9.17, 15) is 14.9 Å². The normalized spacial score (nSPS) is 10.2. The molecule has 7 heteroatoms. The maximum absolute atomic E-state index is 11.0. The van der Waals surface area contributed by atoms with Gasteiger partial charge < -0.3 is 10.4 Å². The number of carboxylic acids is 1. The fourth-order valence-electron chi connectivity index (χ4n) is 1.73. The highest BCUT2D eigenvalue weighted by Crippen LogP contribution is 2.27. The smallest absolute Gasteiger partial charge is 0.335 e. The molecule has 2 rings (SSSR count). The van der Waals surface area contributed by atoms with E-state index < -0.39 is 10.9 Å². The lowest BCUT2D eigenvalue weighted by Gasteiger charge is -2.07. The summed E-state index contributed by atoms with van der Waals surface area (Å²) in [4.78, 5) is 22.4. The standard InChI is InChI=1S/C13H12N2O4S/c1-8-4-5-20-12(8)7-14-10-6-9(13(16)17)2-3-11(10)15(18)19/h2-6,14H,7H2,1H3,(H,16,17). The van der Waals surface area contributed by atoms with E-state index in [1.165, 1.54) is 18.2 Å². The van der Waals surface area contributed by atoms with E-state index in [1.807, 2.05) is 18.4 Å². The van der Waals surface area contributed by atoms with Crippen LogP contribution in [0.25, 0.3) is 0 Å². The summed E-state index contributed by atoms with van der Waals surface area (Å²) in [5.74, 6) is -1.12. The van der Waals surface area contributed by atoms with Crippen molar-refractivity contribution >= 4 is 28.7 Å². The van der Waals surface area contributed by atoms with Crippen molar-refractivity contribution in [3.05, 3.63) is 55.8 Å². The Morgan fingerprint density at radius 2 is 2.20 bits per heavy atom. The summed E-state index contributed by atoms with van der Waals surface area (Å²) in [6, 6.07) is 5.67. The first-order valence-electron chi connectivity index (χ1n) is 5.77. The van der Waals surface area contributed by atoms with Gasteiger partial charge in [0.15, 0.2) is 0 Å². The highest BCUT2D eigenvalue weighted by molar-refractivity contribution is 7.10. The summed E-state index contributed by atoms with van der Waals surface area (Å²) in [6.45, 7) is 2.38. The quantitative estimate of drug-likeness (QED) is 0.651. The van der Waals surface area contributed by atoms with Gasteiger partial charge in [0.25, 0.3) is 5.69 Å². The first-order chi connectivity index (χ1) is 9.49. The number of carboxylic acid groups (broad SMARTS) is 1. The molecule has 0 fully saturated rings. The van der Waals surface area contributed by atoms with Crippen molar-refractivity contribution in [1.82, 2.24) is 0 Å². The molecular weight excluding hydrogens is 280 g/mol. The van der Waals surface area contributed by atoms with E-state index in [4.69, 9.17) is 5.11 Å². The number of aromatic carboxylic acids is 1. The molecule has 0 bridgehead atoms. The van der Waals surface area contributed by atoms with Crippen LogP contribution >= 0.6 is 11.3 Å². The Hall–Kier alpha value is -2.41. The molecule has 0 spiro atoms. The number of nitro groups is 1. The van der Waals surface area contributed by atoms with E-state index in [0.29, 0.717) is 6.54 Å². The van der Waals surface area contributed by atoms with Crippen LogP contribution in [0.5, 0.6) is 0 Å². The molecule has 0 amide bonds. The van der Waals surface area contributed by atoms with E-state index >= 15 is 0 Å². The van der Waals surface area contributed by atoms with Crippen molar-refractivity contribution < 1.29 is 14.8 Å². The molecule has 1 heterocycles. The number of nitro benzene ring substituents is 1. The van der Waals surface area contributed by atoms with Crippen LogP contribution in [0, 0.1) is 17.0 Å². The second-order valence-corrected chi connectivity index (χ2v) is 5.18. The van der Waals surface area contributed by atoms with Crippen LogP contribution in [0.3, 0.4) is 0 Å². The Labute approximate surface area is 118 Å². The first-order valence-corrected chi connectivity index (χ1v) is 6.65. The monoisotopic (exact) mass is 292 g/mol. The molecule has 0 aliphatic rings. The largest absolute Gasteiger partial charge is 0.478 e. The van der Waals surface area contributed by atoms with Gasteiger partial charge in [0.2, 0.25) is 0 Å². The number of thiophene rings is 1. The van der Waals surface area contributed by atoms with Crippen molar-refractivity contribution in [3.63, 3.8) is 0 Å². The minimum Gasteiger partial charge on any atom is -0.478 e. The van der Waals surface area contributed by atoms with Gasteiger partial charge in [0, 0.05) is 17.5 Å². The number of nitrogens with zero attached hydrogens (tertiary/aromatic N) is 1. The number of benzene rings is 1. The van der Waals surface area contributed by atoms with E-state index in [0.717, 1.165) is 10.4 Å². The maximum atomic E-state index is 11.0. The van der Waals surface area contributed by atoms with Crippen molar-refractivity contribution in [3.8, 4) is 0 Å². The molecule has 6 nitrogen and oxygen atoms in total. The van der Waals surface area contributed by atoms with Gasteiger partial charge >= 0.3 is 5.97 Å². The predicted molar refractivity (Wildman–Crippen MR) is 76.4 cm³/mol. The lowest BCUT2D eigenvalue weighted by Crippen LogP contribution is -2.05. The topological polar surface area (TPSA) is 92.5 Å². The molecular formula is C13H12N2O4S. The summed E-state index contributed by atoms with van der Waals surface area (Å²) in [5, 5.41) is 24.8. The second-order valence-electron chi connectivity index (χ2n) is 4.17. The van der Waals surface area contributed by atoms with Gasteiger partial charge in [0.05, 0.1) is 10.5 Å². The molecule has 2 N–H and O–H groups in total. The predicted octanol–water partition coefficient (Wildman–Crippen LogP) is 3.28. The van der Waals surface area contributed by atoms with Crippen LogP contribution in [0.4, 0.5) is 11.4 Å². The van der Waals surface area contributed by atoms with Gasteiger partial charge in [-0.1, -0.05) is 0 Å². The Bertz CT molecular complexity index is 666. The van der Waals surface area contributed by atoms with E-state index in [1.54, 1.807) is 11.3 Å². The van der Waals surface area contributed by atoms with Gasteiger partial charge in [-0.05, 0) is 36.1 Å². The fraction of sp³-hybridized carbons (Fsp3) is 0.154. The van der Waals surface area contributed by atoms with Crippen LogP contribution in [0.1, 0.15) is 20.8 Å². The number of hydrogen-bond donors (Lipinski definition) is 2. The first kappa shape index (κ1) is 14.0. The number of rotatable bonds is 5. The summed E-state index contributed by atoms with van der Waals surface area (Å²) < 4.78 is 0. The summed E-state index contributed by atoms with van der Waals surface area (Å²) in [6.07, 6.45) is 0. The zero-order chi connectivity index (χ0) is 14.7. The maximum Gasteiger partial charge on any atom is 0.335 e. The molecule has 0 aliphatic carbocycles. The number of anilines is 1. The molecule has 0 atom stereocenters. The zero-order valence-electron chi connectivity index (χ0n) is 10.6. The van der Waals surface area contributed by atoms with Crippen LogP contribution in [0.15, 0.2) is 29.6 Å². The third-order valence-electron chi connectivity index (χ3n) is 2.85. The minimum absolute atomic E-state index is 0.0148. The van der Waals surface area contributed by atoms with Crippen LogP contribution < -0.4 is 5.32 Å². The fourth-order valence-corrected chi connectivity index (χ4v) is 2.58. The summed E-state index contributed by atoms with van der Waals surface area (Å²) in [7, 11) is 0. The summed E-state index contributed by atoms with van der Waals surface area (Å²) in [5.41, 5.74) is 1.19. The Morgan fingerprint density at radius 1 is 1.45 bits per heavy atom. The van der Waals surface area contributed by atoms with Crippen molar-refractivity contribution in [2.45, 2.75) is 13.5 Å². The van der Waals surface area contributed by atoms with Gasteiger partial charge in [0.1, 0.15) is 5.69 Å². The van der Waals surface area contributed by atoms with Gasteiger partial charge in [-0.15, -0.1) is 11.3 Å². The molecule has 0 radical (unpaired) electrons. The Balaban J connectivity index is 2.28. The minimum atomic E-state index is -1.12. The van der Waals surface area contributed by atoms with Crippen molar-refractivity contribution in [2.75, 3.05) is 5.32 Å². The van der Waals surface area contributed by atoms with Crippen LogP contribution in [0.2, 0.25) is 0 Å². The number of hydrogen-bond acceptors (Lipinski definition) is 5. The molecule has 2 aromatic rings. The van der Waals surface area contributed by atoms with Crippen LogP contribution in [-0.2, 0) is 6.54 Å². The zero-order valence-corrected chi connectivity index (χ0v) is 11.4. The van der Waals surface area contributed by atoms with Crippen molar-refractivity contribution in [1.29, 1.82) is 0 Å². The van der Waals surface area contributed by atoms with Gasteiger partial charge in [-0.2, -0.15) is 0 Å². The molecule has 0 aliphatic heterocycles. The third-order valence-corrected chi connectivity index (χ3v) is 3.87. The molecule has 1 aromatic carbocycles. The second kappa shape index (κ2) is 5.70. The Kier molecular flexibility index (Phi) is 3.99. The number of aryl methyl sites for hydroxylation is 1. The lowest BCUT2D eigenvalue weighted by molar-refractivity contribution is -0.384. The summed E-state index contributed by atoms with van der Waals surface area (Å²) >= 11 is 1.54. The average molecular weight is 292 g/mol. The van der Waals surface area contributed by atoms with E-state index in [2.05, 4.69) is 5.32 Å². The molecule has 1 aromatic heterocycles. The van der Waals surface area contributed by atoms with Crippen LogP contribution in [-0.4, -0.2) is 16.0 Å². The molecule has 0 unspecified atom stereocenters. The third kappa shape index (κ3) is 2.94. The highest BCUT2D eigenvalue weighted by atomic mass is 32.1. The van der Waals surface area contributed by atoms with Gasteiger partial charge in [-0.25, -0.2) is 4.79 Å². The van der Waals surface area contributed by atoms with Gasteiger partial charge in [-0.3, -0.25) is 10.1 Å².